The lowest BCUT2D eigenvalue weighted by atomic mass is 10.3. The Kier molecular flexibility index (Phi) is 2.24. The molecule has 1 amide bonds. The molecule has 3 aliphatic heterocycles. The number of quaternary nitrogens is 1. The molecule has 6 heteroatoms. The summed E-state index contributed by atoms with van der Waals surface area (Å²) in [5.74, 6) is -0.263. The van der Waals surface area contributed by atoms with Crippen LogP contribution in [0.4, 0.5) is 0 Å². The Bertz CT molecular complexity index is 505. The number of primary amides is 1. The van der Waals surface area contributed by atoms with Gasteiger partial charge in [-0.15, -0.1) is 5.01 Å². The Hall–Kier alpha value is -1.84. The lowest BCUT2D eigenvalue weighted by Gasteiger charge is -2.32. The summed E-state index contributed by atoms with van der Waals surface area (Å²) < 4.78 is 0.564. The number of hydrogen-bond acceptors (Lipinski definition) is 4. The van der Waals surface area contributed by atoms with Gasteiger partial charge in [0.25, 0.3) is 0 Å². The van der Waals surface area contributed by atoms with E-state index in [0.717, 1.165) is 18.8 Å². The summed E-state index contributed by atoms with van der Waals surface area (Å²) in [5.41, 5.74) is 6.38. The van der Waals surface area contributed by atoms with E-state index < -0.39 is 0 Å². The molecule has 3 rings (SSSR count). The van der Waals surface area contributed by atoms with Crippen molar-refractivity contribution in [2.75, 3.05) is 26.7 Å². The SMILES string of the molecule is C[N+]1(N2CC2C(N)=O)C=C(N2CC2C#N)C=CC1. The van der Waals surface area contributed by atoms with Crippen LogP contribution >= 0.6 is 0 Å². The first-order valence-corrected chi connectivity index (χ1v) is 6.02. The fraction of sp³-hybridized carbons (Fsp3) is 0.500. The lowest BCUT2D eigenvalue weighted by Crippen LogP contribution is -2.48. The molecular weight excluding hydrogens is 230 g/mol. The molecular formula is C12H16N5O+. The summed E-state index contributed by atoms with van der Waals surface area (Å²) in [6.07, 6.45) is 6.22. The van der Waals surface area contributed by atoms with Crippen LogP contribution in [-0.2, 0) is 4.79 Å². The van der Waals surface area contributed by atoms with E-state index in [1.807, 2.05) is 6.08 Å². The molecule has 3 aliphatic rings. The Labute approximate surface area is 106 Å². The van der Waals surface area contributed by atoms with Crippen LogP contribution in [0.25, 0.3) is 0 Å². The number of nitrogens with zero attached hydrogens (tertiary/aromatic N) is 4. The second-order valence-corrected chi connectivity index (χ2v) is 5.19. The van der Waals surface area contributed by atoms with Gasteiger partial charge in [-0.05, 0) is 12.2 Å². The maximum atomic E-state index is 11.2. The molecule has 0 radical (unpaired) electrons. The quantitative estimate of drug-likeness (QED) is 0.519. The van der Waals surface area contributed by atoms with Crippen molar-refractivity contribution in [2.24, 2.45) is 5.73 Å². The van der Waals surface area contributed by atoms with E-state index in [0.29, 0.717) is 11.1 Å². The van der Waals surface area contributed by atoms with E-state index in [-0.39, 0.29) is 18.0 Å². The number of nitriles is 1. The smallest absolute Gasteiger partial charge is 0.241 e. The Morgan fingerprint density at radius 1 is 1.61 bits per heavy atom. The van der Waals surface area contributed by atoms with E-state index in [2.05, 4.69) is 35.3 Å². The third-order valence-corrected chi connectivity index (χ3v) is 3.77. The second-order valence-electron chi connectivity index (χ2n) is 5.19. The Morgan fingerprint density at radius 3 is 2.94 bits per heavy atom. The molecule has 4 unspecified atom stereocenters. The predicted molar refractivity (Wildman–Crippen MR) is 64.1 cm³/mol. The summed E-state index contributed by atoms with van der Waals surface area (Å²) in [6, 6.07) is 2.10. The van der Waals surface area contributed by atoms with Gasteiger partial charge in [-0.2, -0.15) is 5.26 Å². The molecule has 3 heterocycles. The van der Waals surface area contributed by atoms with Gasteiger partial charge >= 0.3 is 0 Å². The van der Waals surface area contributed by atoms with E-state index >= 15 is 0 Å². The molecule has 0 bridgehead atoms. The van der Waals surface area contributed by atoms with Crippen LogP contribution in [0.1, 0.15) is 0 Å². The number of carbonyl (C=O) groups is 1. The molecule has 2 N–H and O–H groups in total. The normalized spacial score (nSPS) is 41.0. The highest BCUT2D eigenvalue weighted by Crippen LogP contribution is 2.33. The molecule has 2 saturated heterocycles. The molecule has 0 aromatic rings. The van der Waals surface area contributed by atoms with Crippen LogP contribution in [0.15, 0.2) is 24.0 Å². The van der Waals surface area contributed by atoms with Crippen LogP contribution in [-0.4, -0.2) is 59.2 Å². The van der Waals surface area contributed by atoms with Crippen molar-refractivity contribution in [3.05, 3.63) is 24.0 Å². The topological polar surface area (TPSA) is 72.9 Å². The molecule has 0 aliphatic carbocycles. The minimum atomic E-state index is -0.263. The fourth-order valence-corrected chi connectivity index (χ4v) is 2.52. The second kappa shape index (κ2) is 3.57. The number of carbonyl (C=O) groups excluding carboxylic acids is 1. The predicted octanol–water partition coefficient (Wildman–Crippen LogP) is -0.864. The summed E-state index contributed by atoms with van der Waals surface area (Å²) >= 11 is 0. The first-order valence-electron chi connectivity index (χ1n) is 6.02. The number of rotatable bonds is 3. The highest BCUT2D eigenvalue weighted by molar-refractivity contribution is 5.82. The van der Waals surface area contributed by atoms with Crippen molar-refractivity contribution >= 4 is 5.91 Å². The molecule has 4 atom stereocenters. The van der Waals surface area contributed by atoms with Gasteiger partial charge in [0.1, 0.15) is 18.8 Å². The molecule has 94 valence electrons. The zero-order valence-corrected chi connectivity index (χ0v) is 10.3. The lowest BCUT2D eigenvalue weighted by molar-refractivity contribution is -0.952. The number of nitrogens with two attached hydrogens (primary N) is 1. The molecule has 0 aromatic carbocycles. The minimum Gasteiger partial charge on any atom is -0.368 e. The first kappa shape index (κ1) is 11.3. The molecule has 0 saturated carbocycles. The van der Waals surface area contributed by atoms with Crippen LogP contribution in [0, 0.1) is 11.3 Å². The van der Waals surface area contributed by atoms with E-state index in [1.54, 1.807) is 0 Å². The van der Waals surface area contributed by atoms with E-state index in [4.69, 9.17) is 11.0 Å². The monoisotopic (exact) mass is 246 g/mol. The van der Waals surface area contributed by atoms with Gasteiger partial charge in [0.2, 0.25) is 5.91 Å². The summed E-state index contributed by atoms with van der Waals surface area (Å²) in [7, 11) is 2.05. The number of likely N-dealkylation sites (N-methyl/N-ethyl adjacent to an activating group) is 1. The zero-order chi connectivity index (χ0) is 12.9. The van der Waals surface area contributed by atoms with Gasteiger partial charge in [-0.1, -0.05) is 0 Å². The minimum absolute atomic E-state index is 0.00795. The van der Waals surface area contributed by atoms with Crippen LogP contribution in [0.3, 0.4) is 0 Å². The van der Waals surface area contributed by atoms with Gasteiger partial charge in [-0.25, -0.2) is 4.59 Å². The van der Waals surface area contributed by atoms with Crippen molar-refractivity contribution in [3.63, 3.8) is 0 Å². The van der Waals surface area contributed by atoms with Gasteiger partial charge in [0.05, 0.1) is 31.9 Å². The summed E-state index contributed by atoms with van der Waals surface area (Å²) in [4.78, 5) is 13.2. The number of allylic oxidation sites excluding steroid dienone is 1. The molecule has 0 spiro atoms. The maximum Gasteiger partial charge on any atom is 0.241 e. The van der Waals surface area contributed by atoms with Crippen LogP contribution in [0.5, 0.6) is 0 Å². The maximum absolute atomic E-state index is 11.2. The van der Waals surface area contributed by atoms with Gasteiger partial charge in [-0.3, -0.25) is 4.79 Å². The Morgan fingerprint density at radius 2 is 2.39 bits per heavy atom. The van der Waals surface area contributed by atoms with Gasteiger partial charge in [0.15, 0.2) is 6.04 Å². The Balaban J connectivity index is 1.77. The van der Waals surface area contributed by atoms with Crippen molar-refractivity contribution in [3.8, 4) is 6.07 Å². The third-order valence-electron chi connectivity index (χ3n) is 3.77. The standard InChI is InChI=1S/C12H15N5O/c1-17(16-7-11(16)12(14)18)4-2-3-9(8-17)15-6-10(15)5-13/h2-3,8,10-11H,4,6-7H2,1H3,(H-,14,18)/p+1. The molecule has 0 aromatic heterocycles. The van der Waals surface area contributed by atoms with Crippen molar-refractivity contribution < 1.29 is 9.39 Å². The average Bonchev–Trinajstić information content (AvgIpc) is 3.21. The van der Waals surface area contributed by atoms with E-state index in [1.165, 1.54) is 0 Å². The fourth-order valence-electron chi connectivity index (χ4n) is 2.52. The molecule has 18 heavy (non-hydrogen) atoms. The number of amides is 1. The van der Waals surface area contributed by atoms with E-state index in [9.17, 15) is 4.79 Å². The molecule has 2 fully saturated rings. The first-order chi connectivity index (χ1) is 8.55. The highest BCUT2D eigenvalue weighted by Gasteiger charge is 2.52. The number of hydrogen-bond donors (Lipinski definition) is 1. The van der Waals surface area contributed by atoms with Gasteiger partial charge < -0.3 is 10.6 Å². The van der Waals surface area contributed by atoms with Crippen molar-refractivity contribution in [1.29, 1.82) is 5.26 Å². The van der Waals surface area contributed by atoms with Gasteiger partial charge in [0, 0.05) is 0 Å². The third kappa shape index (κ3) is 1.68. The summed E-state index contributed by atoms with van der Waals surface area (Å²) in [6.45, 7) is 2.33. The largest absolute Gasteiger partial charge is 0.368 e. The van der Waals surface area contributed by atoms with Crippen LogP contribution < -0.4 is 5.73 Å². The van der Waals surface area contributed by atoms with Crippen LogP contribution in [0.2, 0.25) is 0 Å². The highest BCUT2D eigenvalue weighted by atomic mass is 16.2. The zero-order valence-electron chi connectivity index (χ0n) is 10.3. The van der Waals surface area contributed by atoms with Crippen molar-refractivity contribution in [2.45, 2.75) is 12.1 Å². The summed E-state index contributed by atoms with van der Waals surface area (Å²) in [5, 5.41) is 10.9. The molecule has 6 nitrogen and oxygen atoms in total. The average molecular weight is 246 g/mol. The van der Waals surface area contributed by atoms with Crippen molar-refractivity contribution in [1.82, 2.24) is 9.91 Å².